The maximum Gasteiger partial charge on any atom is 0.223 e. The van der Waals surface area contributed by atoms with E-state index in [4.69, 9.17) is 5.73 Å². The molecule has 4 N–H and O–H groups in total. The average Bonchev–Trinajstić information content (AvgIpc) is 2.36. The molecule has 0 aromatic carbocycles. The van der Waals surface area contributed by atoms with Crippen molar-refractivity contribution in [2.24, 2.45) is 17.6 Å². The van der Waals surface area contributed by atoms with Crippen LogP contribution in [0.2, 0.25) is 0 Å². The summed E-state index contributed by atoms with van der Waals surface area (Å²) in [5, 5.41) is 12.9. The van der Waals surface area contributed by atoms with Gasteiger partial charge in [-0.15, -0.1) is 0 Å². The third kappa shape index (κ3) is 4.94. The van der Waals surface area contributed by atoms with E-state index in [9.17, 15) is 9.90 Å². The van der Waals surface area contributed by atoms with Gasteiger partial charge in [-0.25, -0.2) is 0 Å². The van der Waals surface area contributed by atoms with Crippen LogP contribution >= 0.6 is 0 Å². The Bertz CT molecular complexity index is 259. The van der Waals surface area contributed by atoms with E-state index in [2.05, 4.69) is 5.32 Å². The number of hydrogen-bond acceptors (Lipinski definition) is 3. The number of carbonyl (C=O) groups excluding carboxylic acids is 1. The van der Waals surface area contributed by atoms with Crippen LogP contribution in [0.25, 0.3) is 0 Å². The minimum Gasteiger partial charge on any atom is -0.388 e. The van der Waals surface area contributed by atoms with E-state index in [1.54, 1.807) is 6.92 Å². The van der Waals surface area contributed by atoms with Crippen molar-refractivity contribution in [3.05, 3.63) is 0 Å². The van der Waals surface area contributed by atoms with E-state index in [1.807, 2.05) is 6.92 Å². The predicted octanol–water partition coefficient (Wildman–Crippen LogP) is 1.42. The van der Waals surface area contributed by atoms with Crippen molar-refractivity contribution < 1.29 is 9.90 Å². The first kappa shape index (κ1) is 15.4. The highest BCUT2D eigenvalue weighted by Gasteiger charge is 2.27. The molecule has 0 saturated heterocycles. The Morgan fingerprint density at radius 2 is 2.00 bits per heavy atom. The van der Waals surface area contributed by atoms with Crippen LogP contribution in [-0.4, -0.2) is 29.7 Å². The van der Waals surface area contributed by atoms with Gasteiger partial charge in [-0.05, 0) is 51.5 Å². The fourth-order valence-electron chi connectivity index (χ4n) is 2.71. The molecule has 1 unspecified atom stereocenters. The van der Waals surface area contributed by atoms with Crippen molar-refractivity contribution in [3.63, 3.8) is 0 Å². The molecule has 1 saturated carbocycles. The molecule has 1 rings (SSSR count). The summed E-state index contributed by atoms with van der Waals surface area (Å²) in [7, 11) is 0. The van der Waals surface area contributed by atoms with Gasteiger partial charge in [0.1, 0.15) is 0 Å². The van der Waals surface area contributed by atoms with Crippen LogP contribution < -0.4 is 11.1 Å². The molecule has 0 spiro atoms. The zero-order valence-corrected chi connectivity index (χ0v) is 11.7. The van der Waals surface area contributed by atoms with Gasteiger partial charge in [0.2, 0.25) is 5.91 Å². The number of rotatable bonds is 6. The van der Waals surface area contributed by atoms with Gasteiger partial charge in [0.05, 0.1) is 5.60 Å². The van der Waals surface area contributed by atoms with Gasteiger partial charge in [-0.1, -0.05) is 13.3 Å². The molecule has 4 nitrogen and oxygen atoms in total. The summed E-state index contributed by atoms with van der Waals surface area (Å²) in [4.78, 5) is 12.0. The Morgan fingerprint density at radius 1 is 1.39 bits per heavy atom. The molecule has 0 radical (unpaired) electrons. The second-order valence-electron chi connectivity index (χ2n) is 5.92. The molecule has 1 fully saturated rings. The SMILES string of the molecule is CCCC(C)(O)CNC(=O)C1CCC(CN)CC1. The van der Waals surface area contributed by atoms with Gasteiger partial charge in [0.25, 0.3) is 0 Å². The molecular weight excluding hydrogens is 228 g/mol. The Morgan fingerprint density at radius 3 is 2.50 bits per heavy atom. The normalized spacial score (nSPS) is 27.6. The predicted molar refractivity (Wildman–Crippen MR) is 73.0 cm³/mol. The highest BCUT2D eigenvalue weighted by atomic mass is 16.3. The summed E-state index contributed by atoms with van der Waals surface area (Å²) in [6.07, 6.45) is 5.62. The van der Waals surface area contributed by atoms with Crippen molar-refractivity contribution in [3.8, 4) is 0 Å². The lowest BCUT2D eigenvalue weighted by molar-refractivity contribution is -0.127. The highest BCUT2D eigenvalue weighted by Crippen LogP contribution is 2.28. The largest absolute Gasteiger partial charge is 0.388 e. The molecule has 1 aliphatic rings. The maximum atomic E-state index is 12.0. The molecule has 0 heterocycles. The second kappa shape index (κ2) is 7.10. The van der Waals surface area contributed by atoms with Crippen molar-refractivity contribution in [2.75, 3.05) is 13.1 Å². The smallest absolute Gasteiger partial charge is 0.223 e. The van der Waals surface area contributed by atoms with Gasteiger partial charge in [-0.2, -0.15) is 0 Å². The maximum absolute atomic E-state index is 12.0. The zero-order chi connectivity index (χ0) is 13.6. The van der Waals surface area contributed by atoms with E-state index >= 15 is 0 Å². The monoisotopic (exact) mass is 256 g/mol. The first-order valence-electron chi connectivity index (χ1n) is 7.18. The van der Waals surface area contributed by atoms with E-state index in [-0.39, 0.29) is 11.8 Å². The quantitative estimate of drug-likeness (QED) is 0.673. The van der Waals surface area contributed by atoms with Gasteiger partial charge < -0.3 is 16.2 Å². The first-order valence-corrected chi connectivity index (χ1v) is 7.18. The molecule has 0 aromatic heterocycles. The van der Waals surface area contributed by atoms with Crippen molar-refractivity contribution in [1.82, 2.24) is 5.32 Å². The van der Waals surface area contributed by atoms with Gasteiger partial charge in [0.15, 0.2) is 0 Å². The van der Waals surface area contributed by atoms with Crippen LogP contribution in [0.3, 0.4) is 0 Å². The molecule has 0 aliphatic heterocycles. The van der Waals surface area contributed by atoms with E-state index in [0.717, 1.165) is 38.6 Å². The zero-order valence-electron chi connectivity index (χ0n) is 11.7. The van der Waals surface area contributed by atoms with Crippen LogP contribution in [0, 0.1) is 11.8 Å². The van der Waals surface area contributed by atoms with Gasteiger partial charge >= 0.3 is 0 Å². The first-order chi connectivity index (χ1) is 8.48. The number of amides is 1. The Hall–Kier alpha value is -0.610. The number of aliphatic hydroxyl groups is 1. The fraction of sp³-hybridized carbons (Fsp3) is 0.929. The number of nitrogens with two attached hydrogens (primary N) is 1. The van der Waals surface area contributed by atoms with Gasteiger partial charge in [0, 0.05) is 12.5 Å². The van der Waals surface area contributed by atoms with E-state index in [0.29, 0.717) is 18.9 Å². The molecule has 1 atom stereocenters. The van der Waals surface area contributed by atoms with Crippen molar-refractivity contribution in [2.45, 2.75) is 58.0 Å². The lowest BCUT2D eigenvalue weighted by Crippen LogP contribution is -2.43. The van der Waals surface area contributed by atoms with E-state index < -0.39 is 5.60 Å². The third-order valence-electron chi connectivity index (χ3n) is 3.98. The summed E-state index contributed by atoms with van der Waals surface area (Å²) in [5.74, 6) is 0.810. The molecule has 1 amide bonds. The van der Waals surface area contributed by atoms with Crippen molar-refractivity contribution in [1.29, 1.82) is 0 Å². The van der Waals surface area contributed by atoms with E-state index in [1.165, 1.54) is 0 Å². The van der Waals surface area contributed by atoms with Crippen LogP contribution in [-0.2, 0) is 4.79 Å². The summed E-state index contributed by atoms with van der Waals surface area (Å²) in [5.41, 5.74) is 4.86. The average molecular weight is 256 g/mol. The van der Waals surface area contributed by atoms with Crippen LogP contribution in [0.4, 0.5) is 0 Å². The number of hydrogen-bond donors (Lipinski definition) is 3. The molecule has 1 aliphatic carbocycles. The summed E-state index contributed by atoms with van der Waals surface area (Å²) < 4.78 is 0. The molecule has 4 heteroatoms. The Balaban J connectivity index is 2.29. The van der Waals surface area contributed by atoms with Crippen LogP contribution in [0.5, 0.6) is 0 Å². The van der Waals surface area contributed by atoms with Crippen LogP contribution in [0.15, 0.2) is 0 Å². The lowest BCUT2D eigenvalue weighted by Gasteiger charge is -2.28. The number of nitrogens with one attached hydrogen (secondary N) is 1. The molecule has 0 bridgehead atoms. The molecular formula is C14H28N2O2. The highest BCUT2D eigenvalue weighted by molar-refractivity contribution is 5.78. The fourth-order valence-corrected chi connectivity index (χ4v) is 2.71. The third-order valence-corrected chi connectivity index (χ3v) is 3.98. The topological polar surface area (TPSA) is 75.3 Å². The van der Waals surface area contributed by atoms with Crippen LogP contribution in [0.1, 0.15) is 52.4 Å². The standard InChI is InChI=1S/C14H28N2O2/c1-3-8-14(2,18)10-16-13(17)12-6-4-11(9-15)5-7-12/h11-12,18H,3-10,15H2,1-2H3,(H,16,17). The Labute approximate surface area is 110 Å². The second-order valence-corrected chi connectivity index (χ2v) is 5.92. The van der Waals surface area contributed by atoms with Gasteiger partial charge in [-0.3, -0.25) is 4.79 Å². The number of carbonyl (C=O) groups is 1. The lowest BCUT2D eigenvalue weighted by atomic mass is 9.81. The Kier molecular flexibility index (Phi) is 6.09. The summed E-state index contributed by atoms with van der Waals surface area (Å²) in [6.45, 7) is 4.91. The molecule has 18 heavy (non-hydrogen) atoms. The minimum atomic E-state index is -0.779. The summed E-state index contributed by atoms with van der Waals surface area (Å²) >= 11 is 0. The van der Waals surface area contributed by atoms with Crippen molar-refractivity contribution >= 4 is 5.91 Å². The minimum absolute atomic E-state index is 0.0989. The molecule has 106 valence electrons. The summed E-state index contributed by atoms with van der Waals surface area (Å²) in [6, 6.07) is 0. The molecule has 0 aromatic rings.